The summed E-state index contributed by atoms with van der Waals surface area (Å²) < 4.78 is 5.81. The van der Waals surface area contributed by atoms with Crippen molar-refractivity contribution >= 4 is 44.8 Å². The number of rotatable bonds is 6. The number of aromatic nitrogens is 2. The van der Waals surface area contributed by atoms with Crippen LogP contribution in [0.2, 0.25) is 0 Å². The van der Waals surface area contributed by atoms with Crippen LogP contribution in [0.3, 0.4) is 0 Å². The second kappa shape index (κ2) is 9.01. The van der Waals surface area contributed by atoms with E-state index < -0.39 is 22.4 Å². The zero-order chi connectivity index (χ0) is 23.5. The second-order valence-corrected chi connectivity index (χ2v) is 7.79. The van der Waals surface area contributed by atoms with Crippen LogP contribution in [-0.2, 0) is 16.1 Å². The van der Waals surface area contributed by atoms with Gasteiger partial charge in [-0.2, -0.15) is 0 Å². The molecular formula is C22H16N4O6S. The summed E-state index contributed by atoms with van der Waals surface area (Å²) in [7, 11) is 1.28. The van der Waals surface area contributed by atoms with Crippen molar-refractivity contribution in [1.82, 2.24) is 9.55 Å². The number of carbonyl (C=O) groups is 2. The molecule has 2 aromatic heterocycles. The molecule has 0 fully saturated rings. The van der Waals surface area contributed by atoms with Gasteiger partial charge in [0.25, 0.3) is 11.2 Å². The first-order chi connectivity index (χ1) is 15.9. The highest BCUT2D eigenvalue weighted by molar-refractivity contribution is 7.17. The van der Waals surface area contributed by atoms with Gasteiger partial charge in [-0.1, -0.05) is 12.1 Å². The fourth-order valence-electron chi connectivity index (χ4n) is 3.24. The van der Waals surface area contributed by atoms with E-state index in [9.17, 15) is 24.5 Å². The molecule has 0 saturated carbocycles. The number of benzene rings is 2. The third-order valence-corrected chi connectivity index (χ3v) is 5.72. The van der Waals surface area contributed by atoms with Gasteiger partial charge in [0.2, 0.25) is 5.91 Å². The third kappa shape index (κ3) is 4.48. The maximum atomic E-state index is 13.1. The lowest BCUT2D eigenvalue weighted by Gasteiger charge is -2.08. The zero-order valence-corrected chi connectivity index (χ0v) is 18.0. The molecule has 11 heteroatoms. The number of ether oxygens (including phenoxy) is 1. The van der Waals surface area contributed by atoms with Gasteiger partial charge in [0.15, 0.2) is 0 Å². The number of nitrogens with one attached hydrogen (secondary N) is 1. The SMILES string of the molecule is COC(=O)c1ccc(NC(=O)Cn2cnc3scc(-c4cccc([N+](=O)[O-])c4)c3c2=O)cc1. The van der Waals surface area contributed by atoms with Crippen LogP contribution in [0.4, 0.5) is 11.4 Å². The van der Waals surface area contributed by atoms with E-state index in [0.29, 0.717) is 32.6 Å². The number of esters is 1. The zero-order valence-electron chi connectivity index (χ0n) is 17.2. The minimum absolute atomic E-state index is 0.0892. The van der Waals surface area contributed by atoms with Crippen LogP contribution in [0.15, 0.2) is 65.0 Å². The number of nitro benzene ring substituents is 1. The van der Waals surface area contributed by atoms with Crippen molar-refractivity contribution in [2.75, 3.05) is 12.4 Å². The Labute approximate surface area is 190 Å². The molecule has 0 aliphatic carbocycles. The fourth-order valence-corrected chi connectivity index (χ4v) is 4.15. The topological polar surface area (TPSA) is 133 Å². The van der Waals surface area contributed by atoms with Gasteiger partial charge in [0.1, 0.15) is 11.4 Å². The number of amides is 1. The first-order valence-corrected chi connectivity index (χ1v) is 10.4. The first-order valence-electron chi connectivity index (χ1n) is 9.57. The van der Waals surface area contributed by atoms with Crippen molar-refractivity contribution in [2.24, 2.45) is 0 Å². The summed E-state index contributed by atoms with van der Waals surface area (Å²) in [5.74, 6) is -0.953. The number of hydrogen-bond donors (Lipinski definition) is 1. The van der Waals surface area contributed by atoms with Crippen LogP contribution in [0.5, 0.6) is 0 Å². The molecule has 0 aliphatic rings. The van der Waals surface area contributed by atoms with Gasteiger partial charge >= 0.3 is 5.97 Å². The van der Waals surface area contributed by atoms with Crippen molar-refractivity contribution in [3.05, 3.63) is 86.3 Å². The molecule has 2 heterocycles. The highest BCUT2D eigenvalue weighted by Gasteiger charge is 2.17. The Bertz CT molecular complexity index is 1440. The molecule has 0 spiro atoms. The summed E-state index contributed by atoms with van der Waals surface area (Å²) in [6, 6.07) is 12.1. The van der Waals surface area contributed by atoms with E-state index >= 15 is 0 Å². The smallest absolute Gasteiger partial charge is 0.337 e. The molecule has 0 unspecified atom stereocenters. The molecule has 10 nitrogen and oxygen atoms in total. The van der Waals surface area contributed by atoms with E-state index in [-0.39, 0.29) is 12.2 Å². The van der Waals surface area contributed by atoms with Crippen LogP contribution in [-0.4, -0.2) is 33.5 Å². The minimum atomic E-state index is -0.503. The second-order valence-electron chi connectivity index (χ2n) is 6.93. The van der Waals surface area contributed by atoms with E-state index in [4.69, 9.17) is 0 Å². The van der Waals surface area contributed by atoms with Crippen molar-refractivity contribution < 1.29 is 19.2 Å². The molecule has 0 aliphatic heterocycles. The monoisotopic (exact) mass is 464 g/mol. The number of fused-ring (bicyclic) bond motifs is 1. The van der Waals surface area contributed by atoms with Gasteiger partial charge in [-0.3, -0.25) is 24.3 Å². The van der Waals surface area contributed by atoms with Gasteiger partial charge in [0.05, 0.1) is 29.3 Å². The highest BCUT2D eigenvalue weighted by atomic mass is 32.1. The first kappa shape index (κ1) is 21.8. The number of thiophene rings is 1. The predicted octanol–water partition coefficient (Wildman–Crippen LogP) is 3.46. The lowest BCUT2D eigenvalue weighted by atomic mass is 10.1. The highest BCUT2D eigenvalue weighted by Crippen LogP contribution is 2.32. The summed E-state index contributed by atoms with van der Waals surface area (Å²) in [5.41, 5.74) is 1.30. The molecule has 0 bridgehead atoms. The molecule has 0 saturated heterocycles. The molecular weight excluding hydrogens is 448 g/mol. The van der Waals surface area contributed by atoms with Crippen LogP contribution in [0.1, 0.15) is 10.4 Å². The van der Waals surface area contributed by atoms with Crippen molar-refractivity contribution in [3.8, 4) is 11.1 Å². The fraction of sp³-hybridized carbons (Fsp3) is 0.0909. The Morgan fingerprint density at radius 1 is 1.21 bits per heavy atom. The Morgan fingerprint density at radius 2 is 1.97 bits per heavy atom. The molecule has 33 heavy (non-hydrogen) atoms. The van der Waals surface area contributed by atoms with Gasteiger partial charge in [-0.05, 0) is 29.8 Å². The molecule has 0 radical (unpaired) electrons. The Hall–Kier alpha value is -4.38. The average molecular weight is 464 g/mol. The van der Waals surface area contributed by atoms with Crippen LogP contribution < -0.4 is 10.9 Å². The standard InChI is InChI=1S/C22H16N4O6S/c1-32-22(29)13-5-7-15(8-6-13)24-18(27)10-25-12-23-20-19(21(25)28)17(11-33-20)14-3-2-4-16(9-14)26(30)31/h2-9,11-12H,10H2,1H3,(H,24,27). The number of non-ortho nitro benzene ring substituents is 1. The minimum Gasteiger partial charge on any atom is -0.465 e. The van der Waals surface area contributed by atoms with Gasteiger partial charge < -0.3 is 10.1 Å². The number of hydrogen-bond acceptors (Lipinski definition) is 8. The summed E-state index contributed by atoms with van der Waals surface area (Å²) in [5, 5.41) is 15.8. The molecule has 1 N–H and O–H groups in total. The lowest BCUT2D eigenvalue weighted by Crippen LogP contribution is -2.27. The predicted molar refractivity (Wildman–Crippen MR) is 122 cm³/mol. The molecule has 4 aromatic rings. The summed E-state index contributed by atoms with van der Waals surface area (Å²) in [6.07, 6.45) is 1.29. The molecule has 1 amide bonds. The molecule has 0 atom stereocenters. The molecule has 4 rings (SSSR count). The summed E-state index contributed by atoms with van der Waals surface area (Å²) in [6.45, 7) is -0.287. The lowest BCUT2D eigenvalue weighted by molar-refractivity contribution is -0.384. The quantitative estimate of drug-likeness (QED) is 0.262. The Morgan fingerprint density at radius 3 is 2.67 bits per heavy atom. The number of anilines is 1. The number of carbonyl (C=O) groups excluding carboxylic acids is 2. The van der Waals surface area contributed by atoms with E-state index in [0.717, 1.165) is 0 Å². The summed E-state index contributed by atoms with van der Waals surface area (Å²) in [4.78, 5) is 52.4. The Kier molecular flexibility index (Phi) is 5.96. The van der Waals surface area contributed by atoms with Crippen LogP contribution >= 0.6 is 11.3 Å². The summed E-state index contributed by atoms with van der Waals surface area (Å²) >= 11 is 1.24. The maximum absolute atomic E-state index is 13.1. The molecule has 2 aromatic carbocycles. The van der Waals surface area contributed by atoms with E-state index in [1.165, 1.54) is 53.6 Å². The van der Waals surface area contributed by atoms with Gasteiger partial charge in [-0.15, -0.1) is 11.3 Å². The molecule has 166 valence electrons. The van der Waals surface area contributed by atoms with Crippen LogP contribution in [0.25, 0.3) is 21.3 Å². The van der Waals surface area contributed by atoms with Crippen molar-refractivity contribution in [3.63, 3.8) is 0 Å². The van der Waals surface area contributed by atoms with Crippen molar-refractivity contribution in [2.45, 2.75) is 6.54 Å². The van der Waals surface area contributed by atoms with Gasteiger partial charge in [0, 0.05) is 28.8 Å². The normalized spacial score (nSPS) is 10.7. The number of nitrogens with zero attached hydrogens (tertiary/aromatic N) is 3. The van der Waals surface area contributed by atoms with Crippen LogP contribution in [0, 0.1) is 10.1 Å². The van der Waals surface area contributed by atoms with E-state index in [2.05, 4.69) is 15.0 Å². The largest absolute Gasteiger partial charge is 0.465 e. The maximum Gasteiger partial charge on any atom is 0.337 e. The third-order valence-electron chi connectivity index (χ3n) is 4.83. The van der Waals surface area contributed by atoms with Crippen molar-refractivity contribution in [1.29, 1.82) is 0 Å². The number of methoxy groups -OCH3 is 1. The van der Waals surface area contributed by atoms with E-state index in [1.807, 2.05) is 0 Å². The number of nitro groups is 1. The van der Waals surface area contributed by atoms with E-state index in [1.54, 1.807) is 29.6 Å². The average Bonchev–Trinajstić information content (AvgIpc) is 3.26. The Balaban J connectivity index is 1.60. The van der Waals surface area contributed by atoms with Gasteiger partial charge in [-0.25, -0.2) is 9.78 Å².